The lowest BCUT2D eigenvalue weighted by molar-refractivity contribution is 0.334. The molecule has 2 N–H and O–H groups in total. The third-order valence-corrected chi connectivity index (χ3v) is 1.83. The van der Waals surface area contributed by atoms with Gasteiger partial charge >= 0.3 is 0 Å². The van der Waals surface area contributed by atoms with Gasteiger partial charge in [0.25, 0.3) is 0 Å². The Kier molecular flexibility index (Phi) is 4.19. The Hall–Kier alpha value is -0.380. The van der Waals surface area contributed by atoms with Crippen LogP contribution in [0.4, 0.5) is 0 Å². The first-order valence-corrected chi connectivity index (χ1v) is 4.18. The zero-order valence-electron chi connectivity index (χ0n) is 6.97. The molecule has 11 heavy (non-hydrogen) atoms. The van der Waals surface area contributed by atoms with Crippen molar-refractivity contribution in [3.63, 3.8) is 0 Å². The maximum absolute atomic E-state index is 3.64. The van der Waals surface area contributed by atoms with Crippen molar-refractivity contribution in [1.29, 1.82) is 0 Å². The van der Waals surface area contributed by atoms with E-state index < -0.39 is 0 Å². The minimum atomic E-state index is 0.918. The van der Waals surface area contributed by atoms with Crippen molar-refractivity contribution >= 4 is 0 Å². The molecule has 1 aliphatic heterocycles. The van der Waals surface area contributed by atoms with Crippen LogP contribution in [0.25, 0.3) is 0 Å². The van der Waals surface area contributed by atoms with Crippen LogP contribution in [0.1, 0.15) is 0 Å². The highest BCUT2D eigenvalue weighted by Crippen LogP contribution is 1.89. The van der Waals surface area contributed by atoms with Crippen LogP contribution in [0, 0.1) is 0 Å². The van der Waals surface area contributed by atoms with Crippen LogP contribution < -0.4 is 10.6 Å². The first-order valence-electron chi connectivity index (χ1n) is 4.18. The van der Waals surface area contributed by atoms with Gasteiger partial charge in [0.1, 0.15) is 0 Å². The minimum Gasteiger partial charge on any atom is -0.312 e. The van der Waals surface area contributed by atoms with Crippen LogP contribution in [0.3, 0.4) is 0 Å². The molecule has 1 aliphatic rings. The Morgan fingerprint density at radius 2 is 2.55 bits per heavy atom. The Balaban J connectivity index is 1.89. The predicted octanol–water partition coefficient (Wildman–Crippen LogP) is -0.375. The lowest BCUT2D eigenvalue weighted by Gasteiger charge is -2.12. The largest absolute Gasteiger partial charge is 0.312 e. The van der Waals surface area contributed by atoms with E-state index in [4.69, 9.17) is 0 Å². The highest BCUT2D eigenvalue weighted by atomic mass is 15.3. The first-order chi connectivity index (χ1) is 5.43. The van der Waals surface area contributed by atoms with E-state index in [-0.39, 0.29) is 0 Å². The summed E-state index contributed by atoms with van der Waals surface area (Å²) in [5.41, 5.74) is 0. The zero-order chi connectivity index (χ0) is 7.94. The third-order valence-electron chi connectivity index (χ3n) is 1.83. The van der Waals surface area contributed by atoms with Crippen molar-refractivity contribution in [3.8, 4) is 0 Å². The zero-order valence-corrected chi connectivity index (χ0v) is 6.97. The van der Waals surface area contributed by atoms with Gasteiger partial charge in [0.2, 0.25) is 0 Å². The van der Waals surface area contributed by atoms with Crippen LogP contribution in [0.5, 0.6) is 0 Å². The Labute approximate surface area is 68.5 Å². The second kappa shape index (κ2) is 5.29. The highest BCUT2D eigenvalue weighted by molar-refractivity contribution is 4.71. The van der Waals surface area contributed by atoms with Gasteiger partial charge in [0.05, 0.1) is 0 Å². The van der Waals surface area contributed by atoms with Crippen LogP contribution in [0.15, 0.2) is 12.7 Å². The predicted molar refractivity (Wildman–Crippen MR) is 47.5 cm³/mol. The van der Waals surface area contributed by atoms with E-state index in [1.54, 1.807) is 0 Å². The smallest absolute Gasteiger partial charge is 0.0481 e. The van der Waals surface area contributed by atoms with E-state index in [9.17, 15) is 0 Å². The summed E-state index contributed by atoms with van der Waals surface area (Å²) in [6, 6.07) is 0. The average molecular weight is 155 g/mol. The molecule has 0 aromatic rings. The van der Waals surface area contributed by atoms with E-state index in [1.165, 1.54) is 6.54 Å². The molecule has 1 saturated heterocycles. The molecule has 0 aromatic heterocycles. The second-order valence-corrected chi connectivity index (χ2v) is 2.77. The first kappa shape index (κ1) is 8.71. The normalized spacial score (nSPS) is 18.9. The fraction of sp³-hybridized carbons (Fsp3) is 0.750. The molecule has 1 rings (SSSR count). The molecule has 0 amide bonds. The Morgan fingerprint density at radius 1 is 1.64 bits per heavy atom. The Morgan fingerprint density at radius 3 is 3.18 bits per heavy atom. The number of nitrogens with one attached hydrogen (secondary N) is 2. The molecule has 0 unspecified atom stereocenters. The van der Waals surface area contributed by atoms with Crippen molar-refractivity contribution < 1.29 is 0 Å². The third kappa shape index (κ3) is 3.51. The van der Waals surface area contributed by atoms with Gasteiger partial charge in [-0.25, -0.2) is 0 Å². The van der Waals surface area contributed by atoms with Gasteiger partial charge in [0, 0.05) is 39.4 Å². The molecule has 0 aliphatic carbocycles. The SMILES string of the molecule is C=CCNCCN1CCNC1. The van der Waals surface area contributed by atoms with Crippen molar-refractivity contribution in [2.24, 2.45) is 0 Å². The van der Waals surface area contributed by atoms with Crippen molar-refractivity contribution in [2.45, 2.75) is 0 Å². The summed E-state index contributed by atoms with van der Waals surface area (Å²) in [6.07, 6.45) is 1.89. The summed E-state index contributed by atoms with van der Waals surface area (Å²) < 4.78 is 0. The molecule has 1 fully saturated rings. The van der Waals surface area contributed by atoms with Gasteiger partial charge in [-0.3, -0.25) is 4.90 Å². The van der Waals surface area contributed by atoms with Crippen LogP contribution in [-0.4, -0.2) is 44.3 Å². The van der Waals surface area contributed by atoms with Gasteiger partial charge in [-0.2, -0.15) is 0 Å². The molecule has 64 valence electrons. The number of rotatable bonds is 5. The molecule has 0 bridgehead atoms. The monoisotopic (exact) mass is 155 g/mol. The highest BCUT2D eigenvalue weighted by Gasteiger charge is 2.08. The molecule has 0 spiro atoms. The molecule has 0 radical (unpaired) electrons. The van der Waals surface area contributed by atoms with E-state index >= 15 is 0 Å². The molecular weight excluding hydrogens is 138 g/mol. The van der Waals surface area contributed by atoms with E-state index in [0.717, 1.165) is 32.8 Å². The maximum atomic E-state index is 3.64. The summed E-state index contributed by atoms with van der Waals surface area (Å²) in [7, 11) is 0. The number of hydrogen-bond acceptors (Lipinski definition) is 3. The van der Waals surface area contributed by atoms with E-state index in [0.29, 0.717) is 0 Å². The van der Waals surface area contributed by atoms with Crippen LogP contribution in [-0.2, 0) is 0 Å². The standard InChI is InChI=1S/C8H17N3/c1-2-3-9-4-6-11-7-5-10-8-11/h2,9-10H,1,3-8H2. The number of nitrogens with zero attached hydrogens (tertiary/aromatic N) is 1. The Bertz CT molecular complexity index is 108. The van der Waals surface area contributed by atoms with Crippen molar-refractivity contribution in [3.05, 3.63) is 12.7 Å². The fourth-order valence-electron chi connectivity index (χ4n) is 1.19. The molecule has 0 saturated carbocycles. The van der Waals surface area contributed by atoms with Crippen LogP contribution >= 0.6 is 0 Å². The summed E-state index contributed by atoms with van der Waals surface area (Å²) in [5, 5.41) is 6.57. The van der Waals surface area contributed by atoms with E-state index in [2.05, 4.69) is 22.1 Å². The van der Waals surface area contributed by atoms with Gasteiger partial charge < -0.3 is 10.6 Å². The lowest BCUT2D eigenvalue weighted by atomic mass is 10.5. The average Bonchev–Trinajstić information content (AvgIpc) is 2.50. The summed E-state index contributed by atoms with van der Waals surface area (Å²) >= 11 is 0. The fourth-order valence-corrected chi connectivity index (χ4v) is 1.19. The van der Waals surface area contributed by atoms with Crippen molar-refractivity contribution in [1.82, 2.24) is 15.5 Å². The second-order valence-electron chi connectivity index (χ2n) is 2.77. The maximum Gasteiger partial charge on any atom is 0.0481 e. The molecule has 3 nitrogen and oxygen atoms in total. The van der Waals surface area contributed by atoms with Crippen LogP contribution in [0.2, 0.25) is 0 Å². The summed E-state index contributed by atoms with van der Waals surface area (Å²) in [4.78, 5) is 2.40. The van der Waals surface area contributed by atoms with Gasteiger partial charge in [-0.05, 0) is 0 Å². The minimum absolute atomic E-state index is 0.918. The molecular formula is C8H17N3. The van der Waals surface area contributed by atoms with Crippen molar-refractivity contribution in [2.75, 3.05) is 39.4 Å². The quantitative estimate of drug-likeness (QED) is 0.419. The van der Waals surface area contributed by atoms with E-state index in [1.807, 2.05) is 6.08 Å². The molecule has 3 heteroatoms. The molecule has 0 aromatic carbocycles. The number of hydrogen-bond donors (Lipinski definition) is 2. The topological polar surface area (TPSA) is 27.3 Å². The summed E-state index contributed by atoms with van der Waals surface area (Å²) in [5.74, 6) is 0. The molecule has 0 atom stereocenters. The van der Waals surface area contributed by atoms with Gasteiger partial charge in [0.15, 0.2) is 0 Å². The summed E-state index contributed by atoms with van der Waals surface area (Å²) in [6.45, 7) is 10.1. The van der Waals surface area contributed by atoms with Gasteiger partial charge in [-0.1, -0.05) is 6.08 Å². The molecule has 1 heterocycles. The lowest BCUT2D eigenvalue weighted by Crippen LogP contribution is -2.31. The van der Waals surface area contributed by atoms with Gasteiger partial charge in [-0.15, -0.1) is 6.58 Å².